The van der Waals surface area contributed by atoms with E-state index in [-0.39, 0.29) is 11.9 Å². The summed E-state index contributed by atoms with van der Waals surface area (Å²) in [7, 11) is 0. The molecule has 0 saturated carbocycles. The number of piperidine rings is 1. The van der Waals surface area contributed by atoms with Gasteiger partial charge in [-0.05, 0) is 31.4 Å². The van der Waals surface area contributed by atoms with Crippen LogP contribution < -0.4 is 0 Å². The average molecular weight is 324 g/mol. The smallest absolute Gasteiger partial charge is 0.334 e. The van der Waals surface area contributed by atoms with Crippen molar-refractivity contribution in [2.45, 2.75) is 31.5 Å². The van der Waals surface area contributed by atoms with Gasteiger partial charge in [0.25, 0.3) is 5.91 Å². The number of hydrogen-bond acceptors (Lipinski definition) is 1. The number of alkyl halides is 4. The molecule has 1 heterocycles. The van der Waals surface area contributed by atoms with Gasteiger partial charge in [-0.1, -0.05) is 6.07 Å². The highest BCUT2D eigenvalue weighted by Crippen LogP contribution is 2.33. The quantitative estimate of drug-likeness (QED) is 0.593. The number of nitrogens with zero attached hydrogens (tertiary/aromatic N) is 1. The Bertz CT molecular complexity index is 532. The number of likely N-dealkylation sites (tertiary alicyclic amines) is 1. The summed E-state index contributed by atoms with van der Waals surface area (Å²) >= 11 is 5.78. The largest absolute Gasteiger partial charge is 0.419 e. The molecule has 0 bridgehead atoms. The first-order chi connectivity index (χ1) is 9.86. The van der Waals surface area contributed by atoms with E-state index in [1.54, 1.807) is 0 Å². The zero-order chi connectivity index (χ0) is 15.6. The van der Waals surface area contributed by atoms with E-state index in [4.69, 9.17) is 11.6 Å². The Morgan fingerprint density at radius 3 is 2.67 bits per heavy atom. The van der Waals surface area contributed by atoms with Crippen LogP contribution in [-0.4, -0.2) is 29.3 Å². The molecule has 21 heavy (non-hydrogen) atoms. The summed E-state index contributed by atoms with van der Waals surface area (Å²) < 4.78 is 52.1. The second-order valence-electron chi connectivity index (χ2n) is 4.97. The Labute approximate surface area is 124 Å². The Hall–Kier alpha value is -1.30. The van der Waals surface area contributed by atoms with Gasteiger partial charge < -0.3 is 4.90 Å². The Morgan fingerprint density at radius 2 is 2.05 bits per heavy atom. The van der Waals surface area contributed by atoms with Crippen LogP contribution in [0.1, 0.15) is 35.2 Å². The molecule has 2 rings (SSSR count). The summed E-state index contributed by atoms with van der Waals surface area (Å²) in [4.78, 5) is 13.7. The summed E-state index contributed by atoms with van der Waals surface area (Å²) in [6.45, 7) is 0.381. The third kappa shape index (κ3) is 3.31. The van der Waals surface area contributed by atoms with Crippen molar-refractivity contribution in [3.05, 3.63) is 35.1 Å². The average Bonchev–Trinajstić information content (AvgIpc) is 2.45. The first-order valence-corrected chi connectivity index (χ1v) is 7.12. The lowest BCUT2D eigenvalue weighted by molar-refractivity contribution is -0.140. The van der Waals surface area contributed by atoms with Crippen molar-refractivity contribution in [1.82, 2.24) is 4.90 Å². The van der Waals surface area contributed by atoms with E-state index in [2.05, 4.69) is 0 Å². The molecule has 1 aromatic rings. The van der Waals surface area contributed by atoms with Crippen LogP contribution in [0, 0.1) is 5.82 Å². The molecule has 1 aliphatic heterocycles. The Balaban J connectivity index is 2.35. The molecule has 0 aromatic heterocycles. The maximum Gasteiger partial charge on any atom is 0.419 e. The lowest BCUT2D eigenvalue weighted by Crippen LogP contribution is -2.45. The zero-order valence-electron chi connectivity index (χ0n) is 11.1. The minimum atomic E-state index is -4.83. The van der Waals surface area contributed by atoms with Crippen LogP contribution in [0.5, 0.6) is 0 Å². The number of carbonyl (C=O) groups is 1. The van der Waals surface area contributed by atoms with Crippen molar-refractivity contribution in [3.63, 3.8) is 0 Å². The summed E-state index contributed by atoms with van der Waals surface area (Å²) in [5.41, 5.74) is -1.98. The van der Waals surface area contributed by atoms with Gasteiger partial charge in [0.15, 0.2) is 0 Å². The van der Waals surface area contributed by atoms with E-state index in [9.17, 15) is 22.4 Å². The molecule has 1 aromatic carbocycles. The molecular weight excluding hydrogens is 310 g/mol. The van der Waals surface area contributed by atoms with E-state index in [1.807, 2.05) is 0 Å². The fourth-order valence-electron chi connectivity index (χ4n) is 2.50. The zero-order valence-corrected chi connectivity index (χ0v) is 11.8. The lowest BCUT2D eigenvalue weighted by atomic mass is 10.0. The van der Waals surface area contributed by atoms with Crippen LogP contribution >= 0.6 is 11.6 Å². The van der Waals surface area contributed by atoms with Crippen LogP contribution in [0.2, 0.25) is 0 Å². The van der Waals surface area contributed by atoms with Gasteiger partial charge in [-0.3, -0.25) is 4.79 Å². The van der Waals surface area contributed by atoms with Gasteiger partial charge in [-0.2, -0.15) is 13.2 Å². The van der Waals surface area contributed by atoms with Crippen molar-refractivity contribution in [1.29, 1.82) is 0 Å². The van der Waals surface area contributed by atoms with Gasteiger partial charge in [0.05, 0.1) is 11.1 Å². The molecule has 0 spiro atoms. The lowest BCUT2D eigenvalue weighted by Gasteiger charge is -2.34. The minimum absolute atomic E-state index is 0.187. The Morgan fingerprint density at radius 1 is 1.33 bits per heavy atom. The van der Waals surface area contributed by atoms with Crippen molar-refractivity contribution in [3.8, 4) is 0 Å². The van der Waals surface area contributed by atoms with Gasteiger partial charge in [-0.15, -0.1) is 11.6 Å². The van der Waals surface area contributed by atoms with Gasteiger partial charge in [0.1, 0.15) is 5.82 Å². The monoisotopic (exact) mass is 323 g/mol. The number of halogens is 5. The minimum Gasteiger partial charge on any atom is -0.334 e. The predicted octanol–water partition coefficient (Wildman–Crippen LogP) is 4.08. The standard InChI is InChI=1S/C14H14ClF4NO/c15-8-9-4-1-2-7-20(9)13(21)10-5-3-6-11(12(10)16)14(17,18)19/h3,5-6,9H,1-2,4,7-8H2. The molecule has 1 saturated heterocycles. The number of rotatable bonds is 2. The molecule has 0 N–H and O–H groups in total. The van der Waals surface area contributed by atoms with Crippen LogP contribution in [0.25, 0.3) is 0 Å². The fourth-order valence-corrected chi connectivity index (χ4v) is 2.82. The second-order valence-corrected chi connectivity index (χ2v) is 5.28. The van der Waals surface area contributed by atoms with E-state index < -0.39 is 29.0 Å². The van der Waals surface area contributed by atoms with Gasteiger partial charge in [-0.25, -0.2) is 4.39 Å². The van der Waals surface area contributed by atoms with E-state index in [1.165, 1.54) is 4.90 Å². The predicted molar refractivity (Wildman–Crippen MR) is 70.8 cm³/mol. The molecule has 1 unspecified atom stereocenters. The van der Waals surface area contributed by atoms with Crippen LogP contribution in [-0.2, 0) is 6.18 Å². The van der Waals surface area contributed by atoms with E-state index in [0.717, 1.165) is 25.0 Å². The molecule has 1 aliphatic rings. The summed E-state index contributed by atoms with van der Waals surface area (Å²) in [5.74, 6) is -2.07. The molecule has 1 atom stereocenters. The molecule has 2 nitrogen and oxygen atoms in total. The van der Waals surface area contributed by atoms with Crippen LogP contribution in [0.4, 0.5) is 17.6 Å². The number of hydrogen-bond donors (Lipinski definition) is 0. The van der Waals surface area contributed by atoms with Crippen molar-refractivity contribution >= 4 is 17.5 Å². The maximum atomic E-state index is 14.0. The van der Waals surface area contributed by atoms with Crippen molar-refractivity contribution < 1.29 is 22.4 Å². The number of benzene rings is 1. The fraction of sp³-hybridized carbons (Fsp3) is 0.500. The third-order valence-electron chi connectivity index (χ3n) is 3.60. The molecule has 116 valence electrons. The Kier molecular flexibility index (Phi) is 4.76. The summed E-state index contributed by atoms with van der Waals surface area (Å²) in [6.07, 6.45) is -2.52. The molecule has 7 heteroatoms. The highest BCUT2D eigenvalue weighted by Gasteiger charge is 2.37. The van der Waals surface area contributed by atoms with Crippen LogP contribution in [0.3, 0.4) is 0 Å². The van der Waals surface area contributed by atoms with Gasteiger partial charge in [0, 0.05) is 18.5 Å². The second kappa shape index (κ2) is 6.22. The van der Waals surface area contributed by atoms with Gasteiger partial charge in [0.2, 0.25) is 0 Å². The highest BCUT2D eigenvalue weighted by atomic mass is 35.5. The highest BCUT2D eigenvalue weighted by molar-refractivity contribution is 6.18. The van der Waals surface area contributed by atoms with E-state index >= 15 is 0 Å². The molecular formula is C14H14ClF4NO. The number of carbonyl (C=O) groups excluding carboxylic acids is 1. The first kappa shape index (κ1) is 16.1. The molecule has 1 fully saturated rings. The normalized spacial score (nSPS) is 19.7. The maximum absolute atomic E-state index is 14.0. The van der Waals surface area contributed by atoms with Crippen LogP contribution in [0.15, 0.2) is 18.2 Å². The summed E-state index contributed by atoms with van der Waals surface area (Å²) in [5, 5.41) is 0. The third-order valence-corrected chi connectivity index (χ3v) is 3.96. The molecule has 0 radical (unpaired) electrons. The van der Waals surface area contributed by atoms with Crippen molar-refractivity contribution in [2.75, 3.05) is 12.4 Å². The van der Waals surface area contributed by atoms with Crippen molar-refractivity contribution in [2.24, 2.45) is 0 Å². The SMILES string of the molecule is O=C(c1cccc(C(F)(F)F)c1F)N1CCCCC1CCl. The van der Waals surface area contributed by atoms with E-state index in [0.29, 0.717) is 19.0 Å². The molecule has 1 amide bonds. The molecule has 0 aliphatic carbocycles. The summed E-state index contributed by atoms with van der Waals surface area (Å²) in [6, 6.07) is 2.48. The number of amides is 1. The van der Waals surface area contributed by atoms with Gasteiger partial charge >= 0.3 is 6.18 Å². The first-order valence-electron chi connectivity index (χ1n) is 6.59. The topological polar surface area (TPSA) is 20.3 Å².